The second-order valence-corrected chi connectivity index (χ2v) is 5.13. The molecule has 0 radical (unpaired) electrons. The Morgan fingerprint density at radius 3 is 2.06 bits per heavy atom. The molecule has 108 valence electrons. The average Bonchev–Trinajstić information content (AvgIpc) is 2.15. The molecular formula is C10H21NO6S. The Kier molecular flexibility index (Phi) is 9.73. The molecule has 0 aliphatic rings. The minimum atomic E-state index is -4.41. The monoisotopic (exact) mass is 283 g/mol. The van der Waals surface area contributed by atoms with Crippen LogP contribution in [0.15, 0.2) is 12.2 Å². The normalized spacial score (nSPS) is 12.4. The summed E-state index contributed by atoms with van der Waals surface area (Å²) in [6.45, 7) is 7.86. The number of quaternary nitrogens is 1. The number of nitrogens with one attached hydrogen (secondary N) is 1. The first-order valence-electron chi connectivity index (χ1n) is 5.16. The van der Waals surface area contributed by atoms with Gasteiger partial charge in [0.25, 0.3) is 0 Å². The molecule has 8 heteroatoms. The van der Waals surface area contributed by atoms with E-state index in [-0.39, 0.29) is 12.1 Å². The van der Waals surface area contributed by atoms with Crippen molar-refractivity contribution in [1.29, 1.82) is 0 Å². The Morgan fingerprint density at radius 2 is 1.83 bits per heavy atom. The van der Waals surface area contributed by atoms with Crippen molar-refractivity contribution >= 4 is 16.4 Å². The van der Waals surface area contributed by atoms with Crippen LogP contribution in [0.5, 0.6) is 0 Å². The lowest BCUT2D eigenvalue weighted by Gasteiger charge is -2.15. The van der Waals surface area contributed by atoms with E-state index in [0.717, 1.165) is 13.7 Å². The predicted molar refractivity (Wildman–Crippen MR) is 64.8 cm³/mol. The van der Waals surface area contributed by atoms with Gasteiger partial charge in [0.2, 0.25) is 10.4 Å². The molecule has 0 rings (SSSR count). The van der Waals surface area contributed by atoms with Gasteiger partial charge in [-0.05, 0) is 13.8 Å². The van der Waals surface area contributed by atoms with Crippen LogP contribution in [-0.2, 0) is 24.1 Å². The van der Waals surface area contributed by atoms with Crippen LogP contribution >= 0.6 is 0 Å². The lowest BCUT2D eigenvalue weighted by atomic mass is 10.3. The van der Waals surface area contributed by atoms with Crippen LogP contribution in [0, 0.1) is 0 Å². The first-order chi connectivity index (χ1) is 7.99. The topological polar surface area (TPSA) is 97.2 Å². The minimum Gasteiger partial charge on any atom is -0.726 e. The largest absolute Gasteiger partial charge is 0.726 e. The van der Waals surface area contributed by atoms with E-state index in [2.05, 4.69) is 10.8 Å². The van der Waals surface area contributed by atoms with Gasteiger partial charge in [0.05, 0.1) is 21.2 Å². The van der Waals surface area contributed by atoms with E-state index in [1.165, 1.54) is 4.90 Å². The number of carbonyl (C=O) groups excluding carboxylic acids is 1. The van der Waals surface area contributed by atoms with E-state index in [1.54, 1.807) is 6.92 Å². The van der Waals surface area contributed by atoms with Gasteiger partial charge in [-0.25, -0.2) is 13.2 Å². The third kappa shape index (κ3) is 15.0. The molecule has 0 saturated heterocycles. The highest BCUT2D eigenvalue weighted by Crippen LogP contribution is 1.95. The van der Waals surface area contributed by atoms with Crippen LogP contribution in [0.3, 0.4) is 0 Å². The fraction of sp³-hybridized carbons (Fsp3) is 0.700. The number of ether oxygens (including phenoxy) is 1. The molecule has 0 bridgehead atoms. The molecule has 0 heterocycles. The molecule has 0 aromatic rings. The van der Waals surface area contributed by atoms with Crippen LogP contribution in [0.4, 0.5) is 0 Å². The number of carbonyl (C=O) groups is 1. The van der Waals surface area contributed by atoms with Gasteiger partial charge in [0, 0.05) is 5.57 Å². The van der Waals surface area contributed by atoms with Crippen LogP contribution in [0.1, 0.15) is 13.8 Å². The van der Waals surface area contributed by atoms with Crippen molar-refractivity contribution in [3.05, 3.63) is 12.2 Å². The first kappa shape index (κ1) is 19.4. The van der Waals surface area contributed by atoms with E-state index in [4.69, 9.17) is 4.74 Å². The molecule has 0 fully saturated rings. The number of hydrogen-bond acceptors (Lipinski definition) is 6. The van der Waals surface area contributed by atoms with Crippen molar-refractivity contribution in [3.63, 3.8) is 0 Å². The number of esters is 1. The summed E-state index contributed by atoms with van der Waals surface area (Å²) in [7, 11) is 0.434. The Labute approximate surface area is 108 Å². The SMILES string of the molecule is C=C(C)C(=O)OC(C)C[NH+](C)C.COS(=O)(=O)[O-]. The fourth-order valence-corrected chi connectivity index (χ4v) is 0.900. The zero-order chi connectivity index (χ0) is 14.9. The zero-order valence-electron chi connectivity index (χ0n) is 11.3. The Bertz CT molecular complexity index is 363. The Hall–Kier alpha value is -0.960. The summed E-state index contributed by atoms with van der Waals surface area (Å²) < 4.78 is 36.1. The van der Waals surface area contributed by atoms with Gasteiger partial charge in [0.15, 0.2) is 0 Å². The maximum absolute atomic E-state index is 11.0. The molecule has 1 unspecified atom stereocenters. The lowest BCUT2D eigenvalue weighted by molar-refractivity contribution is -0.861. The van der Waals surface area contributed by atoms with E-state index < -0.39 is 10.4 Å². The van der Waals surface area contributed by atoms with E-state index in [1.807, 2.05) is 21.0 Å². The molecule has 0 aromatic carbocycles. The standard InChI is InChI=1S/C9H17NO2.CH4O4S/c1-7(2)9(11)12-8(3)6-10(4)5;1-5-6(2,3)4/h8H,1,6H2,2-5H3;1H3,(H,2,3,4). The summed E-state index contributed by atoms with van der Waals surface area (Å²) in [5.41, 5.74) is 0.454. The maximum atomic E-state index is 11.0. The van der Waals surface area contributed by atoms with E-state index >= 15 is 0 Å². The van der Waals surface area contributed by atoms with Crippen LogP contribution in [0.2, 0.25) is 0 Å². The summed E-state index contributed by atoms with van der Waals surface area (Å²) in [4.78, 5) is 12.3. The van der Waals surface area contributed by atoms with Gasteiger partial charge < -0.3 is 14.2 Å². The minimum absolute atomic E-state index is 0.0424. The first-order valence-corrected chi connectivity index (χ1v) is 6.49. The van der Waals surface area contributed by atoms with Gasteiger partial charge in [0.1, 0.15) is 12.6 Å². The summed E-state index contributed by atoms with van der Waals surface area (Å²) in [6.07, 6.45) is -0.0424. The van der Waals surface area contributed by atoms with Crippen molar-refractivity contribution in [2.75, 3.05) is 27.7 Å². The Morgan fingerprint density at radius 1 is 1.44 bits per heavy atom. The van der Waals surface area contributed by atoms with Crippen molar-refractivity contribution < 1.29 is 31.6 Å². The van der Waals surface area contributed by atoms with Crippen LogP contribution in [0.25, 0.3) is 0 Å². The van der Waals surface area contributed by atoms with Gasteiger partial charge >= 0.3 is 5.97 Å². The number of likely N-dealkylation sites (N-methyl/N-ethyl adjacent to an activating group) is 1. The highest BCUT2D eigenvalue weighted by molar-refractivity contribution is 7.80. The zero-order valence-corrected chi connectivity index (χ0v) is 12.2. The van der Waals surface area contributed by atoms with Gasteiger partial charge in [-0.15, -0.1) is 0 Å². The summed E-state index contributed by atoms with van der Waals surface area (Å²) in [5.74, 6) is -0.302. The summed E-state index contributed by atoms with van der Waals surface area (Å²) in [6, 6.07) is 0. The van der Waals surface area contributed by atoms with Crippen LogP contribution in [-0.4, -0.2) is 52.8 Å². The molecule has 18 heavy (non-hydrogen) atoms. The molecule has 0 aliphatic heterocycles. The van der Waals surface area contributed by atoms with Crippen molar-refractivity contribution in [2.45, 2.75) is 20.0 Å². The maximum Gasteiger partial charge on any atom is 0.333 e. The van der Waals surface area contributed by atoms with Gasteiger partial charge in [-0.1, -0.05) is 6.58 Å². The molecular weight excluding hydrogens is 262 g/mol. The quantitative estimate of drug-likeness (QED) is 0.292. The van der Waals surface area contributed by atoms with Crippen molar-refractivity contribution in [1.82, 2.24) is 0 Å². The second kappa shape index (κ2) is 9.03. The molecule has 0 saturated carbocycles. The average molecular weight is 283 g/mol. The van der Waals surface area contributed by atoms with E-state index in [0.29, 0.717) is 5.57 Å². The molecule has 1 atom stereocenters. The molecule has 0 spiro atoms. The predicted octanol–water partition coefficient (Wildman–Crippen LogP) is -1.27. The lowest BCUT2D eigenvalue weighted by Crippen LogP contribution is -3.06. The second-order valence-electron chi connectivity index (χ2n) is 3.98. The molecule has 7 nitrogen and oxygen atoms in total. The molecule has 1 N–H and O–H groups in total. The van der Waals surface area contributed by atoms with Crippen LogP contribution < -0.4 is 4.90 Å². The summed E-state index contributed by atoms with van der Waals surface area (Å²) >= 11 is 0. The highest BCUT2D eigenvalue weighted by Gasteiger charge is 2.11. The smallest absolute Gasteiger partial charge is 0.333 e. The highest BCUT2D eigenvalue weighted by atomic mass is 32.3. The third-order valence-electron chi connectivity index (χ3n) is 1.56. The van der Waals surface area contributed by atoms with Crippen molar-refractivity contribution in [2.24, 2.45) is 0 Å². The number of hydrogen-bond donors (Lipinski definition) is 1. The summed E-state index contributed by atoms with van der Waals surface area (Å²) in [5, 5.41) is 0. The molecule has 0 aliphatic carbocycles. The van der Waals surface area contributed by atoms with E-state index in [9.17, 15) is 17.8 Å². The van der Waals surface area contributed by atoms with Gasteiger partial charge in [-0.3, -0.25) is 4.18 Å². The molecule has 0 amide bonds. The fourth-order valence-electron chi connectivity index (χ4n) is 0.900. The molecule has 0 aromatic heterocycles. The third-order valence-corrected chi connectivity index (χ3v) is 1.96. The number of rotatable bonds is 5. The Balaban J connectivity index is 0. The van der Waals surface area contributed by atoms with Crippen molar-refractivity contribution in [3.8, 4) is 0 Å². The van der Waals surface area contributed by atoms with Gasteiger partial charge in [-0.2, -0.15) is 0 Å².